The molecule has 5 rings (SSSR count). The van der Waals surface area contributed by atoms with Gasteiger partial charge < -0.3 is 15.3 Å². The molecule has 0 saturated heterocycles. The lowest BCUT2D eigenvalue weighted by Crippen LogP contribution is -2.60. The number of nitrogens with zero attached hydrogens (tertiary/aromatic N) is 1. The number of likely N-dealkylation sites (N-methyl/N-ethyl adjacent to an activating group) is 1. The summed E-state index contributed by atoms with van der Waals surface area (Å²) in [6.07, 6.45) is 12.1. The van der Waals surface area contributed by atoms with Gasteiger partial charge in [0.05, 0.1) is 18.2 Å². The van der Waals surface area contributed by atoms with E-state index < -0.39 is 17.1 Å². The van der Waals surface area contributed by atoms with Gasteiger partial charge in [-0.2, -0.15) is 0 Å². The predicted molar refractivity (Wildman–Crippen MR) is 147 cm³/mol. The molecule has 0 aromatic rings. The Morgan fingerprint density at radius 3 is 2.39 bits per heavy atom. The number of Topliss-reactive ketones (excluding diaryl/α,β-unsaturated/α-hetero) is 2. The van der Waals surface area contributed by atoms with Crippen molar-refractivity contribution in [1.82, 2.24) is 4.90 Å². The fourth-order valence-corrected chi connectivity index (χ4v) is 9.85. The Morgan fingerprint density at radius 2 is 1.79 bits per heavy atom. The Balaban J connectivity index is 1.48. The van der Waals surface area contributed by atoms with Gasteiger partial charge in [0, 0.05) is 24.7 Å². The van der Waals surface area contributed by atoms with Gasteiger partial charge in [0.2, 0.25) is 0 Å². The molecule has 0 bridgehead atoms. The van der Waals surface area contributed by atoms with E-state index in [9.17, 15) is 24.9 Å². The molecule has 6 nitrogen and oxygen atoms in total. The normalized spacial score (nSPS) is 42.9. The first-order chi connectivity index (χ1) is 17.7. The number of aliphatic hydroxyl groups excluding tert-OH is 1. The van der Waals surface area contributed by atoms with E-state index >= 15 is 0 Å². The molecule has 0 spiro atoms. The lowest BCUT2D eigenvalue weighted by Gasteiger charge is -2.51. The molecule has 0 aliphatic heterocycles. The second-order valence-electron chi connectivity index (χ2n) is 14.5. The summed E-state index contributed by atoms with van der Waals surface area (Å²) in [5.41, 5.74) is -2.41. The van der Waals surface area contributed by atoms with Gasteiger partial charge in [0.1, 0.15) is 5.60 Å². The zero-order chi connectivity index (χ0) is 27.8. The van der Waals surface area contributed by atoms with Crippen LogP contribution in [0.2, 0.25) is 0 Å². The van der Waals surface area contributed by atoms with Crippen molar-refractivity contribution in [2.75, 3.05) is 20.7 Å². The van der Waals surface area contributed by atoms with Crippen LogP contribution in [0.4, 0.5) is 0 Å². The zero-order valence-corrected chi connectivity index (χ0v) is 24.3. The number of rotatable bonds is 7. The van der Waals surface area contributed by atoms with Crippen LogP contribution in [0.3, 0.4) is 0 Å². The minimum absolute atomic E-state index is 0.0333. The first-order valence-electron chi connectivity index (χ1n) is 14.9. The summed E-state index contributed by atoms with van der Waals surface area (Å²) >= 11 is 0. The maximum Gasteiger partial charge on any atom is 0.190 e. The van der Waals surface area contributed by atoms with Gasteiger partial charge in [-0.25, -0.2) is 0 Å². The molecule has 0 aromatic carbocycles. The van der Waals surface area contributed by atoms with Crippen molar-refractivity contribution in [3.63, 3.8) is 0 Å². The van der Waals surface area contributed by atoms with E-state index in [4.69, 9.17) is 0 Å². The van der Waals surface area contributed by atoms with Gasteiger partial charge >= 0.3 is 0 Å². The first kappa shape index (κ1) is 28.2. The van der Waals surface area contributed by atoms with Gasteiger partial charge in [0.25, 0.3) is 0 Å². The van der Waals surface area contributed by atoms with Crippen molar-refractivity contribution in [3.8, 4) is 0 Å². The lowest BCUT2D eigenvalue weighted by molar-refractivity contribution is -0.173. The molecule has 5 aliphatic carbocycles. The first-order valence-corrected chi connectivity index (χ1v) is 14.9. The minimum atomic E-state index is -1.73. The quantitative estimate of drug-likeness (QED) is 0.432. The number of carbonyl (C=O) groups excluding carboxylic acids is 2. The molecule has 5 aliphatic rings. The van der Waals surface area contributed by atoms with Crippen LogP contribution in [-0.4, -0.2) is 69.7 Å². The SMILES string of the molecule is CC1=C[C@H]2[C@@]3(O)[C@H](C)C[C@]4(CC(=O)[C@H](CC5CCCCC5)N(C)C)[C@H]([C@@H]3C=C(CO)C[C@]2(O)C1=O)C4(C)C. The highest BCUT2D eigenvalue weighted by molar-refractivity contribution is 6.04. The van der Waals surface area contributed by atoms with Crippen LogP contribution in [0, 0.1) is 40.4 Å². The lowest BCUT2D eigenvalue weighted by atomic mass is 9.57. The van der Waals surface area contributed by atoms with Crippen molar-refractivity contribution in [3.05, 3.63) is 23.3 Å². The van der Waals surface area contributed by atoms with Crippen molar-refractivity contribution >= 4 is 11.6 Å². The maximum atomic E-state index is 14.0. The highest BCUT2D eigenvalue weighted by atomic mass is 16.3. The number of hydrogen-bond acceptors (Lipinski definition) is 6. The fraction of sp³-hybridized carbons (Fsp3) is 0.812. The summed E-state index contributed by atoms with van der Waals surface area (Å²) in [4.78, 5) is 29.3. The number of carbonyl (C=O) groups is 2. The third-order valence-corrected chi connectivity index (χ3v) is 12.0. The molecule has 8 atom stereocenters. The number of aliphatic hydroxyl groups is 3. The summed E-state index contributed by atoms with van der Waals surface area (Å²) in [6.45, 7) is 7.92. The summed E-state index contributed by atoms with van der Waals surface area (Å²) in [5, 5.41) is 34.5. The Hall–Kier alpha value is -1.34. The largest absolute Gasteiger partial charge is 0.392 e. The molecular weight excluding hydrogens is 478 g/mol. The van der Waals surface area contributed by atoms with Crippen LogP contribution in [0.15, 0.2) is 23.3 Å². The Morgan fingerprint density at radius 1 is 1.13 bits per heavy atom. The monoisotopic (exact) mass is 527 g/mol. The standard InChI is InChI=1S/C32H49NO5/c1-19-12-26-31(37,28(19)36)16-22(18-34)13-23-27-29(3,4)30(27,15-20(2)32(23,26)38)17-25(35)24(33(5)6)14-21-10-8-7-9-11-21/h12-13,20-21,23-24,26-27,34,37-38H,7-11,14-18H2,1-6H3/t20-,23+,24+,26-,27-,30+,31-,32-/m1/s1. The fourth-order valence-electron chi connectivity index (χ4n) is 9.85. The Labute approximate surface area is 228 Å². The smallest absolute Gasteiger partial charge is 0.190 e. The number of ketones is 2. The van der Waals surface area contributed by atoms with Gasteiger partial charge in [0.15, 0.2) is 11.6 Å². The van der Waals surface area contributed by atoms with E-state index in [1.807, 2.05) is 27.1 Å². The molecule has 212 valence electrons. The highest BCUT2D eigenvalue weighted by Crippen LogP contribution is 2.81. The van der Waals surface area contributed by atoms with Gasteiger partial charge in [-0.3, -0.25) is 14.5 Å². The van der Waals surface area contributed by atoms with E-state index in [0.717, 1.165) is 6.42 Å². The molecule has 0 radical (unpaired) electrons. The average molecular weight is 528 g/mol. The van der Waals surface area contributed by atoms with Crippen LogP contribution >= 0.6 is 0 Å². The van der Waals surface area contributed by atoms with Crippen molar-refractivity contribution in [2.24, 2.45) is 40.4 Å². The van der Waals surface area contributed by atoms with E-state index in [1.165, 1.54) is 32.1 Å². The zero-order valence-electron chi connectivity index (χ0n) is 24.3. The number of fused-ring (bicyclic) bond motifs is 5. The molecule has 0 amide bonds. The van der Waals surface area contributed by atoms with Gasteiger partial charge in [-0.15, -0.1) is 0 Å². The topological polar surface area (TPSA) is 98.1 Å². The van der Waals surface area contributed by atoms with Crippen LogP contribution < -0.4 is 0 Å². The van der Waals surface area contributed by atoms with Gasteiger partial charge in [-0.05, 0) is 73.6 Å². The van der Waals surface area contributed by atoms with Crippen LogP contribution in [0.1, 0.15) is 85.5 Å². The van der Waals surface area contributed by atoms with Crippen LogP contribution in [-0.2, 0) is 9.59 Å². The molecule has 0 aromatic heterocycles. The van der Waals surface area contributed by atoms with E-state index in [2.05, 4.69) is 18.7 Å². The molecular formula is C32H49NO5. The predicted octanol–water partition coefficient (Wildman–Crippen LogP) is 4.07. The molecule has 0 unspecified atom stereocenters. The highest BCUT2D eigenvalue weighted by Gasteiger charge is 2.80. The molecule has 38 heavy (non-hydrogen) atoms. The van der Waals surface area contributed by atoms with Crippen LogP contribution in [0.5, 0.6) is 0 Å². The van der Waals surface area contributed by atoms with E-state index in [-0.39, 0.29) is 53.4 Å². The van der Waals surface area contributed by atoms with E-state index in [1.54, 1.807) is 13.0 Å². The molecule has 0 heterocycles. The molecule has 3 saturated carbocycles. The third-order valence-electron chi connectivity index (χ3n) is 12.0. The maximum absolute atomic E-state index is 14.0. The summed E-state index contributed by atoms with van der Waals surface area (Å²) in [5.74, 6) is -0.699. The Bertz CT molecular complexity index is 1050. The minimum Gasteiger partial charge on any atom is -0.392 e. The third kappa shape index (κ3) is 3.88. The second-order valence-corrected chi connectivity index (χ2v) is 14.5. The average Bonchev–Trinajstić information content (AvgIpc) is 3.26. The van der Waals surface area contributed by atoms with Crippen molar-refractivity contribution in [2.45, 2.75) is 103 Å². The molecule has 3 fully saturated rings. The Kier molecular flexibility index (Phi) is 6.94. The van der Waals surface area contributed by atoms with E-state index in [0.29, 0.717) is 35.7 Å². The second kappa shape index (κ2) is 9.36. The van der Waals surface area contributed by atoms with Crippen molar-refractivity contribution < 1.29 is 24.9 Å². The number of hydrogen-bond donors (Lipinski definition) is 3. The van der Waals surface area contributed by atoms with Crippen molar-refractivity contribution in [1.29, 1.82) is 0 Å². The molecule has 3 N–H and O–H groups in total. The summed E-state index contributed by atoms with van der Waals surface area (Å²) in [7, 11) is 4.05. The van der Waals surface area contributed by atoms with Crippen LogP contribution in [0.25, 0.3) is 0 Å². The summed E-state index contributed by atoms with van der Waals surface area (Å²) < 4.78 is 0. The van der Waals surface area contributed by atoms with Gasteiger partial charge in [-0.1, -0.05) is 65.0 Å². The molecule has 6 heteroatoms. The summed E-state index contributed by atoms with van der Waals surface area (Å²) in [6, 6.07) is -0.0959.